The molecule has 1 aliphatic heterocycles. The van der Waals surface area contributed by atoms with Gasteiger partial charge in [-0.2, -0.15) is 0 Å². The molecule has 0 bridgehead atoms. The Balaban J connectivity index is 1.73. The minimum atomic E-state index is -1.89. The second-order valence-corrected chi connectivity index (χ2v) is 9.52. The van der Waals surface area contributed by atoms with Crippen molar-refractivity contribution in [2.24, 2.45) is 5.92 Å². The Kier molecular flexibility index (Phi) is 5.75. The van der Waals surface area contributed by atoms with Crippen LogP contribution in [0.3, 0.4) is 0 Å². The lowest BCUT2D eigenvalue weighted by atomic mass is 9.76. The minimum absolute atomic E-state index is 0.000264. The Labute approximate surface area is 181 Å². The first-order chi connectivity index (χ1) is 14.2. The Bertz CT molecular complexity index is 998. The highest BCUT2D eigenvalue weighted by Crippen LogP contribution is 2.48. The first kappa shape index (κ1) is 21.5. The molecule has 0 amide bonds. The predicted molar refractivity (Wildman–Crippen MR) is 116 cm³/mol. The van der Waals surface area contributed by atoms with Crippen LogP contribution in [0.1, 0.15) is 55.7 Å². The Hall–Kier alpha value is -1.78. The summed E-state index contributed by atoms with van der Waals surface area (Å²) in [5.41, 5.74) is 3.01. The number of alkyl halides is 1. The normalized spacial score (nSPS) is 24.1. The molecule has 0 N–H and O–H groups in total. The molecule has 3 unspecified atom stereocenters. The number of hydrogen-bond donors (Lipinski definition) is 0. The van der Waals surface area contributed by atoms with Gasteiger partial charge in [-0.25, -0.2) is 13.2 Å². The van der Waals surface area contributed by atoms with Crippen molar-refractivity contribution in [3.63, 3.8) is 0 Å². The molecule has 2 aromatic carbocycles. The summed E-state index contributed by atoms with van der Waals surface area (Å²) < 4.78 is 43.5. The maximum atomic E-state index is 15.8. The monoisotopic (exact) mass is 433 g/mol. The van der Waals surface area contributed by atoms with Crippen LogP contribution in [0.2, 0.25) is 5.02 Å². The van der Waals surface area contributed by atoms with Gasteiger partial charge < -0.3 is 4.90 Å². The van der Waals surface area contributed by atoms with Gasteiger partial charge in [0.15, 0.2) is 0 Å². The molecule has 4 rings (SSSR count). The van der Waals surface area contributed by atoms with E-state index < -0.39 is 17.3 Å². The fourth-order valence-electron chi connectivity index (χ4n) is 5.14. The van der Waals surface area contributed by atoms with Crippen LogP contribution >= 0.6 is 11.6 Å². The van der Waals surface area contributed by atoms with Crippen molar-refractivity contribution in [2.45, 2.75) is 44.7 Å². The zero-order valence-corrected chi connectivity index (χ0v) is 18.4. The number of hydrogen-bond acceptors (Lipinski definition) is 1. The van der Waals surface area contributed by atoms with E-state index in [1.54, 1.807) is 0 Å². The van der Waals surface area contributed by atoms with Crippen LogP contribution in [0.4, 0.5) is 13.2 Å². The van der Waals surface area contributed by atoms with Gasteiger partial charge in [-0.3, -0.25) is 0 Å². The maximum absolute atomic E-state index is 15.8. The zero-order chi connectivity index (χ0) is 21.6. The molecule has 0 radical (unpaired) electrons. The summed E-state index contributed by atoms with van der Waals surface area (Å²) in [6.07, 6.45) is 1.89. The van der Waals surface area contributed by atoms with Crippen LogP contribution in [-0.4, -0.2) is 25.0 Å². The molecule has 160 valence electrons. The van der Waals surface area contributed by atoms with Gasteiger partial charge in [0.25, 0.3) is 0 Å². The van der Waals surface area contributed by atoms with E-state index in [0.717, 1.165) is 43.6 Å². The number of halogens is 4. The average molecular weight is 434 g/mol. The van der Waals surface area contributed by atoms with Crippen LogP contribution in [0, 0.1) is 17.6 Å². The number of rotatable bonds is 3. The lowest BCUT2D eigenvalue weighted by Gasteiger charge is -2.32. The molecular weight excluding hydrogens is 407 g/mol. The van der Waals surface area contributed by atoms with E-state index in [0.29, 0.717) is 5.02 Å². The smallest absolute Gasteiger partial charge is 0.136 e. The van der Waals surface area contributed by atoms with Crippen LogP contribution in [0.25, 0.3) is 5.57 Å². The maximum Gasteiger partial charge on any atom is 0.136 e. The van der Waals surface area contributed by atoms with Gasteiger partial charge in [0.1, 0.15) is 17.3 Å². The molecule has 2 aliphatic rings. The highest BCUT2D eigenvalue weighted by atomic mass is 35.5. The fraction of sp³-hybridized carbons (Fsp3) is 0.440. The SMILES string of the molecule is CC1c2ccc(Cl)cc2C2=C(CCN(C)C2)CC1CC(C)(F)c1ccc(F)cc1F. The molecule has 0 saturated heterocycles. The van der Waals surface area contributed by atoms with Crippen molar-refractivity contribution in [1.29, 1.82) is 0 Å². The number of likely N-dealkylation sites (N-methyl/N-ethyl adjacent to an activating group) is 1. The highest BCUT2D eigenvalue weighted by Gasteiger charge is 2.38. The van der Waals surface area contributed by atoms with Gasteiger partial charge in [0, 0.05) is 29.7 Å². The number of fused-ring (bicyclic) bond motifs is 2. The summed E-state index contributed by atoms with van der Waals surface area (Å²) in [7, 11) is 2.11. The summed E-state index contributed by atoms with van der Waals surface area (Å²) in [4.78, 5) is 2.29. The lowest BCUT2D eigenvalue weighted by molar-refractivity contribution is 0.131. The van der Waals surface area contributed by atoms with Crippen molar-refractivity contribution in [3.05, 3.63) is 75.3 Å². The first-order valence-electron chi connectivity index (χ1n) is 10.5. The van der Waals surface area contributed by atoms with Crippen molar-refractivity contribution in [3.8, 4) is 0 Å². The van der Waals surface area contributed by atoms with E-state index in [4.69, 9.17) is 11.6 Å². The molecule has 1 heterocycles. The van der Waals surface area contributed by atoms with E-state index in [1.165, 1.54) is 29.7 Å². The summed E-state index contributed by atoms with van der Waals surface area (Å²) in [5.74, 6) is -1.43. The van der Waals surface area contributed by atoms with Gasteiger partial charge in [0.2, 0.25) is 0 Å². The molecule has 1 nitrogen and oxygen atoms in total. The molecule has 30 heavy (non-hydrogen) atoms. The summed E-state index contributed by atoms with van der Waals surface area (Å²) in [6.45, 7) is 5.35. The van der Waals surface area contributed by atoms with Crippen molar-refractivity contribution >= 4 is 17.2 Å². The number of nitrogens with zero attached hydrogens (tertiary/aromatic N) is 1. The highest BCUT2D eigenvalue weighted by molar-refractivity contribution is 6.30. The largest absolute Gasteiger partial charge is 0.302 e. The first-order valence-corrected chi connectivity index (χ1v) is 10.9. The van der Waals surface area contributed by atoms with Gasteiger partial charge in [0.05, 0.1) is 0 Å². The molecule has 2 aromatic rings. The third kappa shape index (κ3) is 4.04. The predicted octanol–water partition coefficient (Wildman–Crippen LogP) is 7.11. The van der Waals surface area contributed by atoms with Crippen molar-refractivity contribution < 1.29 is 13.2 Å². The van der Waals surface area contributed by atoms with Crippen molar-refractivity contribution in [2.75, 3.05) is 20.1 Å². The molecule has 3 atom stereocenters. The lowest BCUT2D eigenvalue weighted by Crippen LogP contribution is -2.28. The van der Waals surface area contributed by atoms with Crippen molar-refractivity contribution in [1.82, 2.24) is 4.90 Å². The summed E-state index contributed by atoms with van der Waals surface area (Å²) in [5, 5.41) is 0.697. The minimum Gasteiger partial charge on any atom is -0.302 e. The quantitative estimate of drug-likeness (QED) is 0.498. The van der Waals surface area contributed by atoms with Crippen LogP contribution in [0.5, 0.6) is 0 Å². The van der Waals surface area contributed by atoms with E-state index in [1.807, 2.05) is 18.2 Å². The second kappa shape index (κ2) is 8.05. The zero-order valence-electron chi connectivity index (χ0n) is 17.6. The van der Waals surface area contributed by atoms with E-state index in [9.17, 15) is 8.78 Å². The van der Waals surface area contributed by atoms with Gasteiger partial charge in [-0.05, 0) is 86.0 Å². The number of benzene rings is 2. The third-order valence-electron chi connectivity index (χ3n) is 6.84. The Morgan fingerprint density at radius 1 is 1.17 bits per heavy atom. The Morgan fingerprint density at radius 2 is 1.93 bits per heavy atom. The van der Waals surface area contributed by atoms with Gasteiger partial charge in [-0.15, -0.1) is 0 Å². The standard InChI is InChI=1S/C25H27ClF3N/c1-15-17(13-25(2,29)23-7-5-19(27)12-24(23)28)10-16-8-9-30(3)14-22(16)21-11-18(26)4-6-20(15)21/h4-7,11-12,15,17H,8-10,13-14H2,1-3H3. The van der Waals surface area contributed by atoms with Gasteiger partial charge >= 0.3 is 0 Å². The van der Waals surface area contributed by atoms with E-state index in [-0.39, 0.29) is 23.8 Å². The molecule has 0 spiro atoms. The van der Waals surface area contributed by atoms with Crippen LogP contribution in [-0.2, 0) is 5.67 Å². The summed E-state index contributed by atoms with van der Waals surface area (Å²) in [6, 6.07) is 9.09. The fourth-order valence-corrected chi connectivity index (χ4v) is 5.31. The third-order valence-corrected chi connectivity index (χ3v) is 7.07. The van der Waals surface area contributed by atoms with E-state index in [2.05, 4.69) is 18.9 Å². The Morgan fingerprint density at radius 3 is 2.67 bits per heavy atom. The molecule has 0 saturated carbocycles. The van der Waals surface area contributed by atoms with E-state index >= 15 is 4.39 Å². The average Bonchev–Trinajstić information content (AvgIpc) is 2.77. The van der Waals surface area contributed by atoms with Gasteiger partial charge in [-0.1, -0.05) is 30.2 Å². The molecule has 0 aromatic heterocycles. The van der Waals surface area contributed by atoms with Crippen LogP contribution < -0.4 is 0 Å². The molecule has 1 aliphatic carbocycles. The summed E-state index contributed by atoms with van der Waals surface area (Å²) >= 11 is 6.33. The molecule has 5 heteroatoms. The molecular formula is C25H27ClF3N. The van der Waals surface area contributed by atoms with Crippen LogP contribution in [0.15, 0.2) is 42.0 Å². The topological polar surface area (TPSA) is 3.24 Å². The molecule has 0 fully saturated rings. The second-order valence-electron chi connectivity index (χ2n) is 9.08.